The molecule has 0 aliphatic rings. The average Bonchev–Trinajstić information content (AvgIpc) is 2.26. The van der Waals surface area contributed by atoms with Crippen LogP contribution in [0.4, 0.5) is 0 Å². The Morgan fingerprint density at radius 3 is 0.636 bits per heavy atom. The Kier molecular flexibility index (Phi) is 10.5. The van der Waals surface area contributed by atoms with Crippen molar-refractivity contribution in [1.82, 2.24) is 0 Å². The quantitative estimate of drug-likeness (QED) is 0.398. The summed E-state index contributed by atoms with van der Waals surface area (Å²) >= 11 is 0. The molecule has 136 valence electrons. The lowest BCUT2D eigenvalue weighted by Crippen LogP contribution is -2.60. The van der Waals surface area contributed by atoms with Gasteiger partial charge >= 0.3 is 0 Å². The Bertz CT molecular complexity index is 239. The van der Waals surface area contributed by atoms with E-state index in [0.29, 0.717) is 33.2 Å². The van der Waals surface area contributed by atoms with Crippen LogP contribution in [-0.2, 0) is 4.12 Å². The Balaban J connectivity index is 0. The van der Waals surface area contributed by atoms with Crippen LogP contribution in [0.5, 0.6) is 0 Å². The van der Waals surface area contributed by atoms with Gasteiger partial charge in [-0.25, -0.2) is 0 Å². The van der Waals surface area contributed by atoms with Gasteiger partial charge in [0.2, 0.25) is 0 Å². The molecule has 0 aromatic carbocycles. The van der Waals surface area contributed by atoms with Gasteiger partial charge in [-0.1, -0.05) is 83.1 Å². The van der Waals surface area contributed by atoms with Gasteiger partial charge in [-0.3, -0.25) is 0 Å². The normalized spacial score (nSPS) is 13.9. The van der Waals surface area contributed by atoms with Crippen LogP contribution >= 0.6 is 12.4 Å². The maximum Gasteiger partial charge on any atom is 0.187 e. The Morgan fingerprint density at radius 2 is 0.545 bits per heavy atom. The van der Waals surface area contributed by atoms with Crippen molar-refractivity contribution in [3.63, 3.8) is 0 Å². The minimum atomic E-state index is -1.79. The average molecular weight is 367 g/mol. The van der Waals surface area contributed by atoms with Crippen LogP contribution in [0.3, 0.4) is 0 Å². The third-order valence-corrected chi connectivity index (χ3v) is 19.4. The lowest BCUT2D eigenvalue weighted by Gasteiger charge is -2.54. The van der Waals surface area contributed by atoms with Crippen LogP contribution in [0.2, 0.25) is 33.2 Å². The van der Waals surface area contributed by atoms with Gasteiger partial charge in [-0.15, -0.1) is 12.4 Å². The second-order valence-corrected chi connectivity index (χ2v) is 19.9. The van der Waals surface area contributed by atoms with Crippen molar-refractivity contribution >= 4 is 29.0 Å². The van der Waals surface area contributed by atoms with E-state index in [0.717, 1.165) is 0 Å². The fraction of sp³-hybridized carbons (Fsp3) is 1.00. The predicted octanol–water partition coefficient (Wildman–Crippen LogP) is 7.78. The van der Waals surface area contributed by atoms with Gasteiger partial charge in [0.15, 0.2) is 16.6 Å². The summed E-state index contributed by atoms with van der Waals surface area (Å²) in [5.41, 5.74) is 4.09. The molecule has 0 N–H and O–H groups in total. The van der Waals surface area contributed by atoms with Gasteiger partial charge < -0.3 is 4.12 Å². The highest BCUT2D eigenvalue weighted by Gasteiger charge is 2.54. The zero-order chi connectivity index (χ0) is 17.2. The molecule has 1 nitrogen and oxygen atoms in total. The van der Waals surface area contributed by atoms with Crippen LogP contribution in [0.1, 0.15) is 83.1 Å². The summed E-state index contributed by atoms with van der Waals surface area (Å²) in [5.74, 6) is 0. The second kappa shape index (κ2) is 9.24. The molecule has 0 radical (unpaired) electrons. The summed E-state index contributed by atoms with van der Waals surface area (Å²) < 4.78 is 7.47. The third kappa shape index (κ3) is 4.40. The molecule has 0 saturated carbocycles. The third-order valence-electron chi connectivity index (χ3n) is 5.77. The minimum Gasteiger partial charge on any atom is -0.454 e. The lowest BCUT2D eigenvalue weighted by atomic mass is 10.5. The number of hydrogen-bond acceptors (Lipinski definition) is 1. The van der Waals surface area contributed by atoms with Crippen LogP contribution in [0.15, 0.2) is 0 Å². The molecule has 0 rings (SSSR count). The van der Waals surface area contributed by atoms with Crippen LogP contribution in [0.25, 0.3) is 0 Å². The number of hydrogen-bond donors (Lipinski definition) is 0. The molecule has 0 fully saturated rings. The van der Waals surface area contributed by atoms with Crippen molar-refractivity contribution in [1.29, 1.82) is 0 Å². The van der Waals surface area contributed by atoms with E-state index >= 15 is 0 Å². The summed E-state index contributed by atoms with van der Waals surface area (Å²) in [5, 5.41) is 0. The van der Waals surface area contributed by atoms with E-state index < -0.39 is 16.6 Å². The summed E-state index contributed by atoms with van der Waals surface area (Å²) in [6.45, 7) is 28.9. The van der Waals surface area contributed by atoms with E-state index in [2.05, 4.69) is 83.1 Å². The van der Waals surface area contributed by atoms with Crippen molar-refractivity contribution in [2.24, 2.45) is 0 Å². The van der Waals surface area contributed by atoms with Gasteiger partial charge in [0.25, 0.3) is 0 Å². The molecule has 0 atom stereocenters. The Hall–Kier alpha value is 0.684. The first-order chi connectivity index (χ1) is 9.37. The van der Waals surface area contributed by atoms with E-state index in [1.165, 1.54) is 0 Å². The highest BCUT2D eigenvalue weighted by molar-refractivity contribution is 6.90. The molecule has 0 aliphatic heterocycles. The van der Waals surface area contributed by atoms with Gasteiger partial charge in [0.05, 0.1) is 0 Å². The smallest absolute Gasteiger partial charge is 0.187 e. The molecular formula is C18H43ClOSi2. The zero-order valence-corrected chi connectivity index (χ0v) is 20.1. The maximum absolute atomic E-state index is 7.47. The van der Waals surface area contributed by atoms with E-state index in [-0.39, 0.29) is 12.4 Å². The first-order valence-corrected chi connectivity index (χ1v) is 13.3. The molecule has 0 aromatic heterocycles. The van der Waals surface area contributed by atoms with E-state index in [9.17, 15) is 0 Å². The van der Waals surface area contributed by atoms with Crippen LogP contribution in [0, 0.1) is 0 Å². The van der Waals surface area contributed by atoms with E-state index in [1.807, 2.05) is 0 Å². The van der Waals surface area contributed by atoms with Crippen LogP contribution in [-0.4, -0.2) is 16.6 Å². The molecule has 0 aliphatic carbocycles. The van der Waals surface area contributed by atoms with Gasteiger partial charge in [0.1, 0.15) is 0 Å². The Labute approximate surface area is 149 Å². The molecule has 0 aromatic rings. The molecule has 4 heteroatoms. The van der Waals surface area contributed by atoms with Crippen LogP contribution < -0.4 is 0 Å². The number of halogens is 1. The fourth-order valence-electron chi connectivity index (χ4n) is 5.01. The molecule has 0 heterocycles. The topological polar surface area (TPSA) is 9.23 Å². The van der Waals surface area contributed by atoms with Crippen molar-refractivity contribution < 1.29 is 4.12 Å². The largest absolute Gasteiger partial charge is 0.454 e. The standard InChI is InChI=1S/C18H42OSi2.ClH/c1-13(2)20(14(3)4,15(5)6)19-21(16(7)8,17(9)10)18(11)12;/h13-18H,1-12H3;1H. The first kappa shape index (κ1) is 24.9. The molecule has 0 spiro atoms. The monoisotopic (exact) mass is 366 g/mol. The SMILES string of the molecule is CC(C)[Si](O[Si](C(C)C)(C(C)C)C(C)C)(C(C)C)C(C)C.Cl. The van der Waals surface area contributed by atoms with E-state index in [1.54, 1.807) is 0 Å². The Morgan fingerprint density at radius 1 is 0.409 bits per heavy atom. The summed E-state index contributed by atoms with van der Waals surface area (Å²) in [6.07, 6.45) is 0. The molecule has 22 heavy (non-hydrogen) atoms. The molecule has 0 saturated heterocycles. The predicted molar refractivity (Wildman–Crippen MR) is 110 cm³/mol. The molecular weight excluding hydrogens is 324 g/mol. The first-order valence-electron chi connectivity index (χ1n) is 9.07. The number of rotatable bonds is 8. The lowest BCUT2D eigenvalue weighted by molar-refractivity contribution is 0.426. The van der Waals surface area contributed by atoms with Gasteiger partial charge in [0, 0.05) is 0 Å². The van der Waals surface area contributed by atoms with Gasteiger partial charge in [-0.05, 0) is 33.2 Å². The highest BCUT2D eigenvalue weighted by Crippen LogP contribution is 2.51. The van der Waals surface area contributed by atoms with Crippen molar-refractivity contribution in [3.05, 3.63) is 0 Å². The minimum absolute atomic E-state index is 0. The highest BCUT2D eigenvalue weighted by atomic mass is 35.5. The molecule has 0 bridgehead atoms. The summed E-state index contributed by atoms with van der Waals surface area (Å²) in [6, 6.07) is 0. The summed E-state index contributed by atoms with van der Waals surface area (Å²) in [4.78, 5) is 0. The second-order valence-electron chi connectivity index (χ2n) is 8.74. The zero-order valence-electron chi connectivity index (χ0n) is 17.3. The fourth-order valence-corrected chi connectivity index (χ4v) is 21.1. The molecule has 0 unspecified atom stereocenters. The van der Waals surface area contributed by atoms with Crippen molar-refractivity contribution in [3.8, 4) is 0 Å². The maximum atomic E-state index is 7.47. The van der Waals surface area contributed by atoms with Crippen molar-refractivity contribution in [2.45, 2.75) is 116 Å². The molecule has 0 amide bonds. The van der Waals surface area contributed by atoms with Gasteiger partial charge in [-0.2, -0.15) is 0 Å². The van der Waals surface area contributed by atoms with E-state index in [4.69, 9.17) is 4.12 Å². The summed E-state index contributed by atoms with van der Waals surface area (Å²) in [7, 11) is -3.58. The van der Waals surface area contributed by atoms with Crippen molar-refractivity contribution in [2.75, 3.05) is 0 Å².